The second kappa shape index (κ2) is 7.52. The number of fused-ring (bicyclic) bond motifs is 1. The van der Waals surface area contributed by atoms with Gasteiger partial charge in [0.05, 0.1) is 11.1 Å². The van der Waals surface area contributed by atoms with E-state index < -0.39 is 41.9 Å². The van der Waals surface area contributed by atoms with Gasteiger partial charge in [0.1, 0.15) is 0 Å². The molecule has 0 spiro atoms. The van der Waals surface area contributed by atoms with Crippen molar-refractivity contribution in [3.8, 4) is 0 Å². The molecule has 1 aliphatic rings. The summed E-state index contributed by atoms with van der Waals surface area (Å²) in [5.74, 6) is -4.73. The van der Waals surface area contributed by atoms with Gasteiger partial charge in [-0.2, -0.15) is 18.3 Å². The second-order valence-corrected chi connectivity index (χ2v) is 6.70. The Morgan fingerprint density at radius 3 is 2.57 bits per heavy atom. The molecular formula is C19H19F5N2O2. The molecule has 0 radical (unpaired) electrons. The van der Waals surface area contributed by atoms with Crippen LogP contribution in [0, 0.1) is 0 Å². The average molecular weight is 402 g/mol. The Morgan fingerprint density at radius 2 is 1.96 bits per heavy atom. The van der Waals surface area contributed by atoms with Crippen molar-refractivity contribution < 1.29 is 31.5 Å². The van der Waals surface area contributed by atoms with Gasteiger partial charge in [0.25, 0.3) is 5.92 Å². The number of ether oxygens (including phenoxy) is 1. The molecule has 0 aliphatic heterocycles. The van der Waals surface area contributed by atoms with Crippen molar-refractivity contribution in [2.45, 2.75) is 57.4 Å². The zero-order valence-corrected chi connectivity index (χ0v) is 15.1. The Bertz CT molecular complexity index is 846. The van der Waals surface area contributed by atoms with E-state index in [-0.39, 0.29) is 24.2 Å². The van der Waals surface area contributed by atoms with Crippen molar-refractivity contribution in [3.63, 3.8) is 0 Å². The van der Waals surface area contributed by atoms with Gasteiger partial charge in [-0.3, -0.25) is 4.68 Å². The molecule has 1 aromatic carbocycles. The van der Waals surface area contributed by atoms with Crippen molar-refractivity contribution in [1.29, 1.82) is 0 Å². The molecule has 152 valence electrons. The lowest BCUT2D eigenvalue weighted by molar-refractivity contribution is -0.151. The number of rotatable bonds is 5. The lowest BCUT2D eigenvalue weighted by Crippen LogP contribution is -2.36. The van der Waals surface area contributed by atoms with E-state index in [0.717, 1.165) is 4.68 Å². The molecule has 4 nitrogen and oxygen atoms in total. The lowest BCUT2D eigenvalue weighted by atomic mass is 9.89. The fourth-order valence-corrected chi connectivity index (χ4v) is 3.27. The maximum atomic E-state index is 14.6. The summed E-state index contributed by atoms with van der Waals surface area (Å²) in [5, 5.41) is 3.56. The van der Waals surface area contributed by atoms with Gasteiger partial charge in [-0.25, -0.2) is 13.6 Å². The van der Waals surface area contributed by atoms with Gasteiger partial charge in [-0.15, -0.1) is 0 Å². The van der Waals surface area contributed by atoms with Crippen LogP contribution < -0.4 is 0 Å². The van der Waals surface area contributed by atoms with Gasteiger partial charge in [0.15, 0.2) is 11.8 Å². The van der Waals surface area contributed by atoms with Crippen LogP contribution in [0.15, 0.2) is 30.3 Å². The van der Waals surface area contributed by atoms with Gasteiger partial charge in [-0.05, 0) is 25.0 Å². The first kappa shape index (κ1) is 20.3. The summed E-state index contributed by atoms with van der Waals surface area (Å²) in [6.45, 7) is 2.04. The minimum absolute atomic E-state index is 0.0163. The quantitative estimate of drug-likeness (QED) is 0.511. The number of aromatic nitrogens is 2. The van der Waals surface area contributed by atoms with Gasteiger partial charge in [-0.1, -0.05) is 31.5 Å². The fourth-order valence-electron chi connectivity index (χ4n) is 3.27. The highest BCUT2D eigenvalue weighted by molar-refractivity contribution is 5.89. The van der Waals surface area contributed by atoms with Crippen LogP contribution >= 0.6 is 0 Å². The highest BCUT2D eigenvalue weighted by atomic mass is 19.4. The molecule has 28 heavy (non-hydrogen) atoms. The molecule has 0 bridgehead atoms. The summed E-state index contributed by atoms with van der Waals surface area (Å²) < 4.78 is 75.8. The molecule has 0 amide bonds. The van der Waals surface area contributed by atoms with Crippen LogP contribution in [0.25, 0.3) is 0 Å². The molecule has 0 saturated carbocycles. The number of hydrogen-bond donors (Lipinski definition) is 0. The number of alkyl halides is 5. The van der Waals surface area contributed by atoms with Crippen LogP contribution in [0.5, 0.6) is 0 Å². The summed E-state index contributed by atoms with van der Waals surface area (Å²) in [5.41, 5.74) is -2.11. The van der Waals surface area contributed by atoms with E-state index in [9.17, 15) is 26.7 Å². The molecule has 1 atom stereocenters. The zero-order chi connectivity index (χ0) is 20.5. The van der Waals surface area contributed by atoms with Crippen molar-refractivity contribution in [2.75, 3.05) is 0 Å². The topological polar surface area (TPSA) is 44.1 Å². The third-order valence-electron chi connectivity index (χ3n) is 4.67. The first-order valence-corrected chi connectivity index (χ1v) is 8.95. The summed E-state index contributed by atoms with van der Waals surface area (Å²) in [6.07, 6.45) is -7.01. The van der Waals surface area contributed by atoms with E-state index in [2.05, 4.69) is 5.10 Å². The molecule has 0 saturated heterocycles. The van der Waals surface area contributed by atoms with Crippen LogP contribution in [0.1, 0.15) is 59.6 Å². The predicted molar refractivity (Wildman–Crippen MR) is 90.0 cm³/mol. The summed E-state index contributed by atoms with van der Waals surface area (Å²) >= 11 is 0. The smallest absolute Gasteiger partial charge is 0.435 e. The monoisotopic (exact) mass is 402 g/mol. The van der Waals surface area contributed by atoms with Crippen molar-refractivity contribution in [3.05, 3.63) is 52.8 Å². The van der Waals surface area contributed by atoms with Crippen molar-refractivity contribution in [1.82, 2.24) is 9.78 Å². The minimum Gasteiger partial charge on any atom is -0.447 e. The maximum Gasteiger partial charge on any atom is 0.435 e. The van der Waals surface area contributed by atoms with Gasteiger partial charge in [0, 0.05) is 18.7 Å². The van der Waals surface area contributed by atoms with E-state index in [1.807, 2.05) is 6.92 Å². The van der Waals surface area contributed by atoms with Crippen LogP contribution in [0.3, 0.4) is 0 Å². The highest BCUT2D eigenvalue weighted by Gasteiger charge is 2.54. The van der Waals surface area contributed by atoms with Crippen LogP contribution in [-0.2, 0) is 23.9 Å². The highest BCUT2D eigenvalue weighted by Crippen LogP contribution is 2.48. The number of benzene rings is 1. The summed E-state index contributed by atoms with van der Waals surface area (Å²) in [6, 6.07) is 7.32. The Kier molecular flexibility index (Phi) is 5.45. The van der Waals surface area contributed by atoms with Crippen molar-refractivity contribution >= 4 is 5.97 Å². The first-order chi connectivity index (χ1) is 13.1. The Labute approximate surface area is 158 Å². The first-order valence-electron chi connectivity index (χ1n) is 8.95. The maximum absolute atomic E-state index is 14.6. The van der Waals surface area contributed by atoms with Crippen LogP contribution in [0.2, 0.25) is 0 Å². The van der Waals surface area contributed by atoms with Crippen LogP contribution in [0.4, 0.5) is 22.0 Å². The molecule has 9 heteroatoms. The molecule has 3 rings (SSSR count). The second-order valence-electron chi connectivity index (χ2n) is 6.70. The number of aryl methyl sites for hydroxylation is 1. The average Bonchev–Trinajstić information content (AvgIpc) is 3.01. The van der Waals surface area contributed by atoms with Gasteiger partial charge < -0.3 is 4.74 Å². The number of esters is 1. The van der Waals surface area contributed by atoms with Crippen molar-refractivity contribution in [2.24, 2.45) is 0 Å². The molecule has 1 heterocycles. The number of carbonyl (C=O) groups is 1. The molecule has 0 unspecified atom stereocenters. The van der Waals surface area contributed by atoms with Crippen LogP contribution in [-0.4, -0.2) is 21.7 Å². The standard InChI is InChI=1S/C19H19F5N2O2/c1-2-3-11-26-13-9-10-18(20,21)16(14(13)15(25-26)19(22,23)24)28-17(27)12-7-5-4-6-8-12/h4-8,16H,2-3,9-11H2,1H3/t16-/m0/s1. The number of hydrogen-bond acceptors (Lipinski definition) is 3. The van der Waals surface area contributed by atoms with E-state index in [0.29, 0.717) is 12.8 Å². The Hall–Kier alpha value is -2.45. The number of carbonyl (C=O) groups excluding carboxylic acids is 1. The van der Waals surface area contributed by atoms with Gasteiger partial charge >= 0.3 is 12.1 Å². The SMILES string of the molecule is CCCCn1nc(C(F)(F)F)c2c1CCC(F)(F)[C@H]2OC(=O)c1ccccc1. The Balaban J connectivity index is 2.06. The van der Waals surface area contributed by atoms with E-state index >= 15 is 0 Å². The third-order valence-corrected chi connectivity index (χ3v) is 4.67. The zero-order valence-electron chi connectivity index (χ0n) is 15.1. The van der Waals surface area contributed by atoms with E-state index in [1.165, 1.54) is 24.3 Å². The molecule has 1 aliphatic carbocycles. The minimum atomic E-state index is -4.94. The fraction of sp³-hybridized carbons (Fsp3) is 0.474. The van der Waals surface area contributed by atoms with E-state index in [4.69, 9.17) is 4.74 Å². The normalized spacial score (nSPS) is 18.6. The van der Waals surface area contributed by atoms with Gasteiger partial charge in [0.2, 0.25) is 0 Å². The largest absolute Gasteiger partial charge is 0.447 e. The Morgan fingerprint density at radius 1 is 1.29 bits per heavy atom. The number of halogens is 5. The molecule has 1 aromatic heterocycles. The number of nitrogens with zero attached hydrogens (tertiary/aromatic N) is 2. The molecule has 0 N–H and O–H groups in total. The number of unbranched alkanes of at least 4 members (excludes halogenated alkanes) is 1. The lowest BCUT2D eigenvalue weighted by Gasteiger charge is -2.32. The van der Waals surface area contributed by atoms with E-state index in [1.54, 1.807) is 6.07 Å². The summed E-state index contributed by atoms with van der Waals surface area (Å²) in [4.78, 5) is 12.3. The predicted octanol–water partition coefficient (Wildman–Crippen LogP) is 5.18. The third kappa shape index (κ3) is 3.88. The summed E-state index contributed by atoms with van der Waals surface area (Å²) in [7, 11) is 0. The molecular weight excluding hydrogens is 383 g/mol. The molecule has 0 fully saturated rings. The molecule has 2 aromatic rings.